The number of hydrogen-bond donors (Lipinski definition) is 0. The Morgan fingerprint density at radius 3 is 2.75 bits per heavy atom. The van der Waals surface area contributed by atoms with Gasteiger partial charge in [-0.25, -0.2) is 9.97 Å². The number of rotatable bonds is 0. The Morgan fingerprint density at radius 1 is 1.44 bits per heavy atom. The molecule has 16 heavy (non-hydrogen) atoms. The molecule has 1 aromatic rings. The molecule has 1 aliphatic rings. The smallest absolute Gasteiger partial charge is 0.134 e. The van der Waals surface area contributed by atoms with Crippen LogP contribution in [0, 0.1) is 0 Å². The lowest BCUT2D eigenvalue weighted by molar-refractivity contribution is 0.533. The molecule has 0 N–H and O–H groups in total. The van der Waals surface area contributed by atoms with E-state index in [4.69, 9.17) is 0 Å². The predicted molar refractivity (Wildman–Crippen MR) is 67.4 cm³/mol. The molecule has 2 heterocycles. The summed E-state index contributed by atoms with van der Waals surface area (Å²) < 4.78 is 12.3. The Labute approximate surface area is 97.3 Å². The number of hydrogen-bond acceptors (Lipinski definition) is 3. The van der Waals surface area contributed by atoms with E-state index in [1.165, 1.54) is 0 Å². The normalized spacial score (nSPS) is 25.2. The van der Waals surface area contributed by atoms with Crippen molar-refractivity contribution in [2.75, 3.05) is 5.75 Å². The second-order valence-electron chi connectivity index (χ2n) is 5.39. The molecule has 0 radical (unpaired) electrons. The standard InChI is InChI=1S/C12H18N2OS/c1-12(2,3)11-13-8-9-6-5-7-16(4,15)10(9)14-11/h8H,4-7H2,1-3H3. The maximum Gasteiger partial charge on any atom is 0.134 e. The molecule has 0 saturated carbocycles. The molecule has 0 saturated heterocycles. The van der Waals surface area contributed by atoms with Crippen LogP contribution in [0.1, 0.15) is 38.6 Å². The molecule has 2 rings (SSSR count). The van der Waals surface area contributed by atoms with Crippen molar-refractivity contribution in [2.45, 2.75) is 44.1 Å². The zero-order valence-corrected chi connectivity index (χ0v) is 10.9. The molecule has 4 heteroatoms. The molecule has 1 aliphatic heterocycles. The third kappa shape index (κ3) is 1.98. The van der Waals surface area contributed by atoms with E-state index in [2.05, 4.69) is 36.6 Å². The van der Waals surface area contributed by atoms with Crippen molar-refractivity contribution in [1.29, 1.82) is 0 Å². The second-order valence-corrected chi connectivity index (χ2v) is 7.81. The van der Waals surface area contributed by atoms with Crippen molar-refractivity contribution in [2.24, 2.45) is 0 Å². The highest BCUT2D eigenvalue weighted by molar-refractivity contribution is 8.00. The molecule has 0 aliphatic carbocycles. The molecule has 0 aromatic carbocycles. The van der Waals surface area contributed by atoms with Gasteiger partial charge in [-0.1, -0.05) is 20.8 Å². The first-order chi connectivity index (χ1) is 7.31. The van der Waals surface area contributed by atoms with Crippen LogP contribution in [-0.2, 0) is 21.4 Å². The van der Waals surface area contributed by atoms with E-state index in [9.17, 15) is 4.21 Å². The summed E-state index contributed by atoms with van der Waals surface area (Å²) in [6.07, 6.45) is 3.67. The number of aryl methyl sites for hydroxylation is 1. The SMILES string of the molecule is C=S1(=O)CCCc2cnc(C(C)(C)C)nc21. The third-order valence-electron chi connectivity index (χ3n) is 2.77. The van der Waals surface area contributed by atoms with Gasteiger partial charge in [0.1, 0.15) is 10.9 Å². The highest BCUT2D eigenvalue weighted by Crippen LogP contribution is 2.25. The van der Waals surface area contributed by atoms with Crippen LogP contribution in [-0.4, -0.2) is 25.8 Å². The Balaban J connectivity index is 2.61. The van der Waals surface area contributed by atoms with Crippen LogP contribution < -0.4 is 0 Å². The molecule has 88 valence electrons. The minimum absolute atomic E-state index is 0.109. The highest BCUT2D eigenvalue weighted by Gasteiger charge is 2.24. The summed E-state index contributed by atoms with van der Waals surface area (Å²) in [6, 6.07) is 0. The molecule has 0 spiro atoms. The predicted octanol–water partition coefficient (Wildman–Crippen LogP) is 1.80. The number of fused-ring (bicyclic) bond motifs is 1. The van der Waals surface area contributed by atoms with Crippen LogP contribution in [0.5, 0.6) is 0 Å². The van der Waals surface area contributed by atoms with Crippen molar-refractivity contribution in [3.05, 3.63) is 17.6 Å². The molecule has 0 bridgehead atoms. The quantitative estimate of drug-likeness (QED) is 0.511. The Hall–Kier alpha value is -0.900. The van der Waals surface area contributed by atoms with E-state index in [0.717, 1.165) is 24.2 Å². The summed E-state index contributed by atoms with van der Waals surface area (Å²) in [5, 5.41) is 0.693. The fraction of sp³-hybridized carbons (Fsp3) is 0.583. The maximum atomic E-state index is 12.3. The zero-order valence-electron chi connectivity index (χ0n) is 10.1. The Morgan fingerprint density at radius 2 is 2.12 bits per heavy atom. The minimum atomic E-state index is -2.18. The van der Waals surface area contributed by atoms with Crippen LogP contribution in [0.3, 0.4) is 0 Å². The van der Waals surface area contributed by atoms with Gasteiger partial charge in [0, 0.05) is 32.4 Å². The van der Waals surface area contributed by atoms with E-state index in [1.54, 1.807) is 0 Å². The summed E-state index contributed by atoms with van der Waals surface area (Å²) in [7, 11) is -2.18. The average molecular weight is 238 g/mol. The molecule has 0 fully saturated rings. The van der Waals surface area contributed by atoms with Gasteiger partial charge in [0.15, 0.2) is 0 Å². The first-order valence-electron chi connectivity index (χ1n) is 5.52. The average Bonchev–Trinajstić information content (AvgIpc) is 2.15. The molecule has 0 amide bonds. The summed E-state index contributed by atoms with van der Waals surface area (Å²) in [5.41, 5.74) is 0.904. The van der Waals surface area contributed by atoms with Gasteiger partial charge in [-0.05, 0) is 18.7 Å². The van der Waals surface area contributed by atoms with Crippen molar-refractivity contribution in [3.63, 3.8) is 0 Å². The number of nitrogens with zero attached hydrogens (tertiary/aromatic N) is 2. The largest absolute Gasteiger partial charge is 0.262 e. The van der Waals surface area contributed by atoms with Crippen molar-refractivity contribution in [1.82, 2.24) is 9.97 Å². The molecule has 1 unspecified atom stereocenters. The first-order valence-corrected chi connectivity index (χ1v) is 7.42. The van der Waals surface area contributed by atoms with Crippen molar-refractivity contribution < 1.29 is 4.21 Å². The molecule has 1 atom stereocenters. The van der Waals surface area contributed by atoms with Crippen LogP contribution >= 0.6 is 0 Å². The lowest BCUT2D eigenvalue weighted by Gasteiger charge is -2.22. The van der Waals surface area contributed by atoms with Crippen LogP contribution in [0.2, 0.25) is 0 Å². The first kappa shape index (κ1) is 11.6. The third-order valence-corrected chi connectivity index (χ3v) is 4.77. The van der Waals surface area contributed by atoms with Crippen LogP contribution in [0.4, 0.5) is 0 Å². The highest BCUT2D eigenvalue weighted by atomic mass is 32.2. The lowest BCUT2D eigenvalue weighted by Crippen LogP contribution is -2.23. The van der Waals surface area contributed by atoms with Gasteiger partial charge in [0.05, 0.1) is 0 Å². The molecular weight excluding hydrogens is 220 g/mol. The monoisotopic (exact) mass is 238 g/mol. The van der Waals surface area contributed by atoms with Crippen LogP contribution in [0.25, 0.3) is 0 Å². The van der Waals surface area contributed by atoms with Gasteiger partial charge in [0.2, 0.25) is 0 Å². The van der Waals surface area contributed by atoms with Crippen molar-refractivity contribution >= 4 is 15.4 Å². The summed E-state index contributed by atoms with van der Waals surface area (Å²) in [5.74, 6) is 5.24. The van der Waals surface area contributed by atoms with Crippen molar-refractivity contribution in [3.8, 4) is 0 Å². The summed E-state index contributed by atoms with van der Waals surface area (Å²) >= 11 is 0. The van der Waals surface area contributed by atoms with E-state index in [0.29, 0.717) is 10.8 Å². The fourth-order valence-corrected chi connectivity index (χ4v) is 3.53. The molecule has 3 nitrogen and oxygen atoms in total. The van der Waals surface area contributed by atoms with Gasteiger partial charge in [0.25, 0.3) is 0 Å². The van der Waals surface area contributed by atoms with E-state index in [-0.39, 0.29) is 5.41 Å². The summed E-state index contributed by atoms with van der Waals surface area (Å²) in [4.78, 5) is 8.85. The Kier molecular flexibility index (Phi) is 2.57. The maximum absolute atomic E-state index is 12.3. The van der Waals surface area contributed by atoms with Gasteiger partial charge in [-0.3, -0.25) is 4.21 Å². The van der Waals surface area contributed by atoms with Gasteiger partial charge >= 0.3 is 0 Å². The zero-order chi connectivity index (χ0) is 12.0. The molecule has 1 aromatic heterocycles. The minimum Gasteiger partial charge on any atom is -0.262 e. The van der Waals surface area contributed by atoms with Crippen LogP contribution in [0.15, 0.2) is 11.2 Å². The summed E-state index contributed by atoms with van der Waals surface area (Å²) in [6.45, 7) is 6.17. The van der Waals surface area contributed by atoms with Gasteiger partial charge in [-0.15, -0.1) is 0 Å². The Bertz CT molecular complexity index is 512. The van der Waals surface area contributed by atoms with E-state index >= 15 is 0 Å². The van der Waals surface area contributed by atoms with Gasteiger partial charge in [-0.2, -0.15) is 0 Å². The van der Waals surface area contributed by atoms with Gasteiger partial charge < -0.3 is 0 Å². The molecular formula is C12H18N2OS. The lowest BCUT2D eigenvalue weighted by atomic mass is 9.95. The second kappa shape index (κ2) is 3.55. The van der Waals surface area contributed by atoms with E-state index < -0.39 is 9.52 Å². The fourth-order valence-electron chi connectivity index (χ4n) is 1.84. The van der Waals surface area contributed by atoms with E-state index in [1.807, 2.05) is 6.20 Å². The number of aromatic nitrogens is 2. The topological polar surface area (TPSA) is 42.9 Å².